The molecule has 2 rings (SSSR count). The lowest BCUT2D eigenvalue weighted by Gasteiger charge is -2.25. The van der Waals surface area contributed by atoms with Crippen LogP contribution in [0.25, 0.3) is 0 Å². The van der Waals surface area contributed by atoms with E-state index >= 15 is 0 Å². The van der Waals surface area contributed by atoms with Crippen molar-refractivity contribution < 1.29 is 19.2 Å². The number of carbonyl (C=O) groups is 1. The van der Waals surface area contributed by atoms with Crippen molar-refractivity contribution in [1.29, 1.82) is 0 Å². The Labute approximate surface area is 139 Å². The van der Waals surface area contributed by atoms with Crippen molar-refractivity contribution in [3.05, 3.63) is 39.7 Å². The van der Waals surface area contributed by atoms with Crippen molar-refractivity contribution in [3.8, 4) is 0 Å². The van der Waals surface area contributed by atoms with E-state index in [1.807, 2.05) is 11.9 Å². The number of likely N-dealkylation sites (tertiary alicyclic amines) is 1. The number of hydrogen-bond acceptors (Lipinski definition) is 5. The number of aliphatic carboxylic acids is 1. The first-order valence-electron chi connectivity index (χ1n) is 7.94. The third-order valence-corrected chi connectivity index (χ3v) is 4.44. The average Bonchev–Trinajstić information content (AvgIpc) is 2.74. The molecule has 0 spiro atoms. The van der Waals surface area contributed by atoms with Gasteiger partial charge in [0.2, 0.25) is 0 Å². The summed E-state index contributed by atoms with van der Waals surface area (Å²) in [7, 11) is 1.81. The fourth-order valence-electron chi connectivity index (χ4n) is 3.10. The van der Waals surface area contributed by atoms with Gasteiger partial charge in [-0.3, -0.25) is 24.7 Å². The lowest BCUT2D eigenvalue weighted by Crippen LogP contribution is -2.36. The molecular weight excluding hydrogens is 317 g/mol. The van der Waals surface area contributed by atoms with Gasteiger partial charge in [-0.2, -0.15) is 0 Å². The van der Waals surface area contributed by atoms with Gasteiger partial charge in [0.25, 0.3) is 5.69 Å². The summed E-state index contributed by atoms with van der Waals surface area (Å²) in [6, 6.07) is 3.94. The molecular formula is C16H22FN3O4. The monoisotopic (exact) mass is 339 g/mol. The number of non-ortho nitro benzene ring substituents is 1. The number of hydrogen-bond donors (Lipinski definition) is 1. The summed E-state index contributed by atoms with van der Waals surface area (Å²) in [5, 5.41) is 19.5. The quantitative estimate of drug-likeness (QED) is 0.631. The van der Waals surface area contributed by atoms with Gasteiger partial charge in [0.15, 0.2) is 0 Å². The second-order valence-electron chi connectivity index (χ2n) is 6.20. The lowest BCUT2D eigenvalue weighted by molar-refractivity contribution is -0.385. The number of nitro benzene ring substituents is 1. The Hall–Kier alpha value is -2.06. The van der Waals surface area contributed by atoms with Crippen LogP contribution in [0.3, 0.4) is 0 Å². The van der Waals surface area contributed by atoms with Crippen molar-refractivity contribution in [1.82, 2.24) is 9.80 Å². The fourth-order valence-corrected chi connectivity index (χ4v) is 3.10. The van der Waals surface area contributed by atoms with Crippen molar-refractivity contribution in [3.63, 3.8) is 0 Å². The molecule has 1 saturated heterocycles. The van der Waals surface area contributed by atoms with Crippen molar-refractivity contribution in [2.45, 2.75) is 31.8 Å². The molecule has 1 aromatic rings. The minimum absolute atomic E-state index is 0.0155. The van der Waals surface area contributed by atoms with Crippen LogP contribution in [-0.4, -0.2) is 58.5 Å². The van der Waals surface area contributed by atoms with Crippen molar-refractivity contribution in [2.24, 2.45) is 0 Å². The predicted molar refractivity (Wildman–Crippen MR) is 86.2 cm³/mol. The maximum Gasteiger partial charge on any atom is 0.317 e. The number of carboxylic acids is 1. The Morgan fingerprint density at radius 3 is 2.83 bits per heavy atom. The smallest absolute Gasteiger partial charge is 0.317 e. The molecule has 8 heteroatoms. The van der Waals surface area contributed by atoms with E-state index in [1.165, 1.54) is 12.1 Å². The first kappa shape index (κ1) is 18.3. The van der Waals surface area contributed by atoms with Crippen LogP contribution >= 0.6 is 0 Å². The van der Waals surface area contributed by atoms with Gasteiger partial charge in [-0.25, -0.2) is 4.39 Å². The molecule has 0 aromatic heterocycles. The highest BCUT2D eigenvalue weighted by atomic mass is 19.1. The predicted octanol–water partition coefficient (Wildman–Crippen LogP) is 2.10. The van der Waals surface area contributed by atoms with Crippen LogP contribution < -0.4 is 0 Å². The number of benzene rings is 1. The first-order valence-corrected chi connectivity index (χ1v) is 7.94. The van der Waals surface area contributed by atoms with Crippen LogP contribution in [0.4, 0.5) is 10.1 Å². The van der Waals surface area contributed by atoms with Gasteiger partial charge >= 0.3 is 5.97 Å². The SMILES string of the molecule is CN(CC(=O)O)C1CCCN(Cc2ccc([N+](=O)[O-])cc2F)CC1. The number of rotatable bonds is 6. The summed E-state index contributed by atoms with van der Waals surface area (Å²) in [4.78, 5) is 24.8. The number of nitro groups is 1. The maximum absolute atomic E-state index is 14.0. The van der Waals surface area contributed by atoms with Crippen LogP contribution in [0.15, 0.2) is 18.2 Å². The summed E-state index contributed by atoms with van der Waals surface area (Å²) >= 11 is 0. The minimum atomic E-state index is -0.841. The molecule has 0 saturated carbocycles. The minimum Gasteiger partial charge on any atom is -0.480 e. The van der Waals surface area contributed by atoms with E-state index in [2.05, 4.69) is 4.90 Å². The Morgan fingerprint density at radius 1 is 1.46 bits per heavy atom. The van der Waals surface area contributed by atoms with E-state index in [9.17, 15) is 19.3 Å². The first-order chi connectivity index (χ1) is 11.4. The third kappa shape index (κ3) is 4.97. The molecule has 1 fully saturated rings. The van der Waals surface area contributed by atoms with E-state index in [0.717, 1.165) is 38.4 Å². The van der Waals surface area contributed by atoms with Crippen LogP contribution in [0, 0.1) is 15.9 Å². The zero-order valence-corrected chi connectivity index (χ0v) is 13.7. The van der Waals surface area contributed by atoms with Crippen LogP contribution in [0.1, 0.15) is 24.8 Å². The molecule has 1 N–H and O–H groups in total. The van der Waals surface area contributed by atoms with Gasteiger partial charge in [0.05, 0.1) is 17.5 Å². The van der Waals surface area contributed by atoms with Gasteiger partial charge in [-0.1, -0.05) is 0 Å². The van der Waals surface area contributed by atoms with Crippen LogP contribution in [0.2, 0.25) is 0 Å². The van der Waals surface area contributed by atoms with Gasteiger partial charge in [0.1, 0.15) is 5.82 Å². The van der Waals surface area contributed by atoms with Gasteiger partial charge in [-0.15, -0.1) is 0 Å². The molecule has 0 aliphatic carbocycles. The molecule has 0 bridgehead atoms. The molecule has 1 aromatic carbocycles. The van der Waals surface area contributed by atoms with E-state index in [4.69, 9.17) is 5.11 Å². The summed E-state index contributed by atoms with van der Waals surface area (Å²) in [6.45, 7) is 1.96. The summed E-state index contributed by atoms with van der Waals surface area (Å²) in [5.41, 5.74) is 0.195. The summed E-state index contributed by atoms with van der Waals surface area (Å²) in [5.74, 6) is -1.40. The molecule has 132 valence electrons. The van der Waals surface area contributed by atoms with Gasteiger partial charge in [0, 0.05) is 24.2 Å². The van der Waals surface area contributed by atoms with Crippen LogP contribution in [0.5, 0.6) is 0 Å². The number of halogens is 1. The van der Waals surface area contributed by atoms with E-state index in [0.29, 0.717) is 12.1 Å². The molecule has 24 heavy (non-hydrogen) atoms. The highest BCUT2D eigenvalue weighted by Gasteiger charge is 2.22. The Kier molecular flexibility index (Phi) is 6.22. The fraction of sp³-hybridized carbons (Fsp3) is 0.562. The molecule has 0 amide bonds. The standard InChI is InChI=1S/C16H22FN3O4/c1-18(11-16(21)22)13-3-2-7-19(8-6-13)10-12-4-5-14(20(23)24)9-15(12)17/h4-5,9,13H,2-3,6-8,10-11H2,1H3,(H,21,22). The Morgan fingerprint density at radius 2 is 2.21 bits per heavy atom. The third-order valence-electron chi connectivity index (χ3n) is 4.44. The number of likely N-dealkylation sites (N-methyl/N-ethyl adjacent to an activating group) is 1. The normalized spacial score (nSPS) is 19.2. The molecule has 1 aliphatic heterocycles. The van der Waals surface area contributed by atoms with Crippen molar-refractivity contribution in [2.75, 3.05) is 26.7 Å². The number of carboxylic acid groups (broad SMARTS) is 1. The zero-order valence-electron chi connectivity index (χ0n) is 13.7. The zero-order chi connectivity index (χ0) is 17.7. The lowest BCUT2D eigenvalue weighted by atomic mass is 10.1. The highest BCUT2D eigenvalue weighted by molar-refractivity contribution is 5.69. The molecule has 7 nitrogen and oxygen atoms in total. The topological polar surface area (TPSA) is 86.9 Å². The highest BCUT2D eigenvalue weighted by Crippen LogP contribution is 2.21. The summed E-state index contributed by atoms with van der Waals surface area (Å²) in [6.07, 6.45) is 2.63. The maximum atomic E-state index is 14.0. The van der Waals surface area contributed by atoms with Crippen molar-refractivity contribution >= 4 is 11.7 Å². The average molecular weight is 339 g/mol. The van der Waals surface area contributed by atoms with Gasteiger partial charge < -0.3 is 5.11 Å². The second-order valence-corrected chi connectivity index (χ2v) is 6.20. The van der Waals surface area contributed by atoms with Gasteiger partial charge in [-0.05, 0) is 45.5 Å². The largest absolute Gasteiger partial charge is 0.480 e. The molecule has 0 radical (unpaired) electrons. The van der Waals surface area contributed by atoms with E-state index < -0.39 is 16.7 Å². The molecule has 1 aliphatic rings. The molecule has 1 heterocycles. The Balaban J connectivity index is 1.95. The van der Waals surface area contributed by atoms with E-state index in [-0.39, 0.29) is 18.3 Å². The molecule has 1 unspecified atom stereocenters. The second kappa shape index (κ2) is 8.16. The van der Waals surface area contributed by atoms with Crippen LogP contribution in [-0.2, 0) is 11.3 Å². The molecule has 1 atom stereocenters. The Bertz CT molecular complexity index is 611. The number of nitrogens with zero attached hydrogens (tertiary/aromatic N) is 3. The summed E-state index contributed by atoms with van der Waals surface area (Å²) < 4.78 is 14.0. The van der Waals surface area contributed by atoms with E-state index in [1.54, 1.807) is 0 Å².